The largest absolute Gasteiger partial charge is 0.494 e. The molecule has 4 nitrogen and oxygen atoms in total. The number of aryl methyl sites for hydroxylation is 1. The number of hydrogen-bond acceptors (Lipinski definition) is 4. The maximum atomic E-state index is 6.08. The average molecular weight is 311 g/mol. The summed E-state index contributed by atoms with van der Waals surface area (Å²) in [6, 6.07) is 11.6. The van der Waals surface area contributed by atoms with Gasteiger partial charge in [-0.3, -0.25) is 0 Å². The minimum atomic E-state index is -0.394. The first-order valence-electron chi connectivity index (χ1n) is 7.83. The molecule has 0 N–H and O–H groups in total. The first-order chi connectivity index (χ1) is 10.8. The van der Waals surface area contributed by atoms with E-state index in [0.29, 0.717) is 11.6 Å². The molecule has 23 heavy (non-hydrogen) atoms. The zero-order chi connectivity index (χ0) is 16.7. The van der Waals surface area contributed by atoms with Gasteiger partial charge in [-0.05, 0) is 57.8 Å². The van der Waals surface area contributed by atoms with Gasteiger partial charge >= 0.3 is 7.12 Å². The van der Waals surface area contributed by atoms with Crippen molar-refractivity contribution < 1.29 is 14.0 Å². The molecule has 1 fully saturated rings. The molecule has 0 bridgehead atoms. The van der Waals surface area contributed by atoms with Crippen LogP contribution in [0, 0.1) is 6.92 Å². The predicted octanol–water partition coefficient (Wildman–Crippen LogP) is 3.48. The molecular formula is C18H22BNO3. The second-order valence-electron chi connectivity index (χ2n) is 6.94. The van der Waals surface area contributed by atoms with Gasteiger partial charge in [0, 0.05) is 12.3 Å². The van der Waals surface area contributed by atoms with Crippen LogP contribution < -0.4 is 10.2 Å². The molecule has 0 radical (unpaired) electrons. The number of pyridine rings is 1. The maximum Gasteiger partial charge on any atom is 0.494 e. The highest BCUT2D eigenvalue weighted by Gasteiger charge is 2.51. The van der Waals surface area contributed by atoms with Gasteiger partial charge in [-0.1, -0.05) is 18.2 Å². The second kappa shape index (κ2) is 5.66. The Balaban J connectivity index is 1.79. The van der Waals surface area contributed by atoms with E-state index in [-0.39, 0.29) is 11.2 Å². The Kier molecular flexibility index (Phi) is 3.94. The highest BCUT2D eigenvalue weighted by atomic mass is 16.7. The van der Waals surface area contributed by atoms with Gasteiger partial charge in [-0.25, -0.2) is 4.98 Å². The van der Waals surface area contributed by atoms with Crippen molar-refractivity contribution in [1.29, 1.82) is 0 Å². The molecular weight excluding hydrogens is 289 g/mol. The SMILES string of the molecule is Cc1ccc(Oc2cccc(B3OC(C)(C)C(C)(C)O3)c2)nc1. The Labute approximate surface area is 137 Å². The third kappa shape index (κ3) is 3.26. The molecule has 1 aromatic carbocycles. The third-order valence-corrected chi connectivity index (χ3v) is 4.49. The van der Waals surface area contributed by atoms with Gasteiger partial charge in [0.1, 0.15) is 5.75 Å². The Morgan fingerprint density at radius 1 is 1.00 bits per heavy atom. The summed E-state index contributed by atoms with van der Waals surface area (Å²) in [5.74, 6) is 1.29. The summed E-state index contributed by atoms with van der Waals surface area (Å²) in [5.41, 5.74) is 1.33. The fourth-order valence-electron chi connectivity index (χ4n) is 2.34. The van der Waals surface area contributed by atoms with Crippen LogP contribution in [-0.4, -0.2) is 23.3 Å². The van der Waals surface area contributed by atoms with Crippen LogP contribution in [0.5, 0.6) is 11.6 Å². The van der Waals surface area contributed by atoms with E-state index in [4.69, 9.17) is 14.0 Å². The monoisotopic (exact) mass is 311 g/mol. The number of rotatable bonds is 3. The van der Waals surface area contributed by atoms with Crippen LogP contribution in [0.4, 0.5) is 0 Å². The lowest BCUT2D eigenvalue weighted by molar-refractivity contribution is 0.00578. The summed E-state index contributed by atoms with van der Waals surface area (Å²) < 4.78 is 18.0. The molecule has 0 spiro atoms. The van der Waals surface area contributed by atoms with Crippen LogP contribution in [0.2, 0.25) is 0 Å². The quantitative estimate of drug-likeness (QED) is 0.814. The van der Waals surface area contributed by atoms with Gasteiger partial charge in [0.05, 0.1) is 11.2 Å². The minimum absolute atomic E-state index is 0.354. The van der Waals surface area contributed by atoms with Gasteiger partial charge in [0.15, 0.2) is 0 Å². The number of aromatic nitrogens is 1. The Bertz CT molecular complexity index is 682. The lowest BCUT2D eigenvalue weighted by Crippen LogP contribution is -2.41. The van der Waals surface area contributed by atoms with Crippen molar-refractivity contribution in [1.82, 2.24) is 4.98 Å². The zero-order valence-corrected chi connectivity index (χ0v) is 14.3. The van der Waals surface area contributed by atoms with Crippen LogP contribution in [0.1, 0.15) is 33.3 Å². The van der Waals surface area contributed by atoms with Gasteiger partial charge in [0.25, 0.3) is 0 Å². The van der Waals surface area contributed by atoms with E-state index in [1.807, 2.05) is 71.0 Å². The fourth-order valence-corrected chi connectivity index (χ4v) is 2.34. The Morgan fingerprint density at radius 2 is 1.70 bits per heavy atom. The molecule has 3 rings (SSSR count). The van der Waals surface area contributed by atoms with Gasteiger partial charge in [0.2, 0.25) is 5.88 Å². The third-order valence-electron chi connectivity index (χ3n) is 4.49. The van der Waals surface area contributed by atoms with Gasteiger partial charge in [-0.2, -0.15) is 0 Å². The average Bonchev–Trinajstić information content (AvgIpc) is 2.70. The molecule has 0 unspecified atom stereocenters. The van der Waals surface area contributed by atoms with E-state index in [1.54, 1.807) is 6.20 Å². The van der Waals surface area contributed by atoms with Crippen LogP contribution in [-0.2, 0) is 9.31 Å². The normalized spacial score (nSPS) is 18.9. The maximum absolute atomic E-state index is 6.08. The molecule has 1 aliphatic rings. The van der Waals surface area contributed by atoms with Crippen molar-refractivity contribution >= 4 is 12.6 Å². The molecule has 0 saturated carbocycles. The first kappa shape index (κ1) is 16.0. The van der Waals surface area contributed by atoms with E-state index >= 15 is 0 Å². The predicted molar refractivity (Wildman–Crippen MR) is 91.2 cm³/mol. The number of hydrogen-bond donors (Lipinski definition) is 0. The summed E-state index contributed by atoms with van der Waals surface area (Å²) in [7, 11) is -0.394. The molecule has 2 heterocycles. The Morgan fingerprint density at radius 3 is 2.30 bits per heavy atom. The summed E-state index contributed by atoms with van der Waals surface area (Å²) >= 11 is 0. The van der Waals surface area contributed by atoms with E-state index in [2.05, 4.69) is 4.98 Å². The number of benzene rings is 1. The molecule has 5 heteroatoms. The van der Waals surface area contributed by atoms with E-state index in [9.17, 15) is 0 Å². The Hall–Kier alpha value is -1.85. The standard InChI is InChI=1S/C18H22BNO3/c1-13-9-10-16(20-12-13)21-15-8-6-7-14(11-15)19-22-17(2,3)18(4,5)23-19/h6-12H,1-5H3. The van der Waals surface area contributed by atoms with Crippen molar-refractivity contribution in [2.45, 2.75) is 45.8 Å². The molecule has 2 aromatic rings. The minimum Gasteiger partial charge on any atom is -0.439 e. The number of nitrogens with zero attached hydrogens (tertiary/aromatic N) is 1. The molecule has 1 aromatic heterocycles. The zero-order valence-electron chi connectivity index (χ0n) is 14.3. The second-order valence-corrected chi connectivity index (χ2v) is 6.94. The summed E-state index contributed by atoms with van der Waals surface area (Å²) in [6.07, 6.45) is 1.79. The molecule has 0 atom stereocenters. The van der Waals surface area contributed by atoms with Crippen LogP contribution in [0.15, 0.2) is 42.6 Å². The molecule has 0 aliphatic carbocycles. The highest BCUT2D eigenvalue weighted by molar-refractivity contribution is 6.62. The van der Waals surface area contributed by atoms with Crippen LogP contribution in [0.25, 0.3) is 0 Å². The van der Waals surface area contributed by atoms with Gasteiger partial charge in [-0.15, -0.1) is 0 Å². The lowest BCUT2D eigenvalue weighted by atomic mass is 9.79. The van der Waals surface area contributed by atoms with Crippen molar-refractivity contribution in [3.05, 3.63) is 48.2 Å². The summed E-state index contributed by atoms with van der Waals surface area (Å²) in [4.78, 5) is 4.26. The van der Waals surface area contributed by atoms with Crippen LogP contribution in [0.3, 0.4) is 0 Å². The van der Waals surface area contributed by atoms with Crippen LogP contribution >= 0.6 is 0 Å². The first-order valence-corrected chi connectivity index (χ1v) is 7.83. The molecule has 1 saturated heterocycles. The van der Waals surface area contributed by atoms with Crippen molar-refractivity contribution in [2.75, 3.05) is 0 Å². The fraction of sp³-hybridized carbons (Fsp3) is 0.389. The van der Waals surface area contributed by atoms with Crippen molar-refractivity contribution in [2.24, 2.45) is 0 Å². The highest BCUT2D eigenvalue weighted by Crippen LogP contribution is 2.36. The molecule has 0 amide bonds. The van der Waals surface area contributed by atoms with Crippen molar-refractivity contribution in [3.8, 4) is 11.6 Å². The molecule has 120 valence electrons. The smallest absolute Gasteiger partial charge is 0.439 e. The van der Waals surface area contributed by atoms with E-state index in [0.717, 1.165) is 11.0 Å². The molecule has 1 aliphatic heterocycles. The summed E-state index contributed by atoms with van der Waals surface area (Å²) in [5, 5.41) is 0. The van der Waals surface area contributed by atoms with Gasteiger partial charge < -0.3 is 14.0 Å². The lowest BCUT2D eigenvalue weighted by Gasteiger charge is -2.32. The van der Waals surface area contributed by atoms with E-state index in [1.165, 1.54) is 0 Å². The topological polar surface area (TPSA) is 40.6 Å². The summed E-state index contributed by atoms with van der Waals surface area (Å²) in [6.45, 7) is 10.2. The number of ether oxygens (including phenoxy) is 1. The van der Waals surface area contributed by atoms with E-state index < -0.39 is 7.12 Å². The van der Waals surface area contributed by atoms with Crippen molar-refractivity contribution in [3.63, 3.8) is 0 Å².